The molecule has 2 aromatic heterocycles. The molecule has 7 aromatic carbocycles. The smallest absolute Gasteiger partial charge is 0.160 e. The van der Waals surface area contributed by atoms with Gasteiger partial charge >= 0.3 is 0 Å². The van der Waals surface area contributed by atoms with Crippen LogP contribution in [0.2, 0.25) is 0 Å². The highest BCUT2D eigenvalue weighted by Crippen LogP contribution is 2.43. The molecule has 2 heterocycles. The Balaban J connectivity index is 1.36. The van der Waals surface area contributed by atoms with Crippen molar-refractivity contribution in [3.8, 4) is 45.0 Å². The van der Waals surface area contributed by atoms with E-state index in [1.54, 1.807) is 6.20 Å². The average Bonchev–Trinajstić information content (AvgIpc) is 3.15. The molecule has 3 heteroatoms. The zero-order chi connectivity index (χ0) is 30.5. The Kier molecular flexibility index (Phi) is 6.14. The van der Waals surface area contributed by atoms with Crippen molar-refractivity contribution in [1.82, 2.24) is 15.0 Å². The lowest BCUT2D eigenvalue weighted by molar-refractivity contribution is 1.19. The van der Waals surface area contributed by atoms with Gasteiger partial charge in [-0.05, 0) is 72.9 Å². The second kappa shape index (κ2) is 10.8. The summed E-state index contributed by atoms with van der Waals surface area (Å²) < 4.78 is 0. The molecule has 9 rings (SSSR count). The van der Waals surface area contributed by atoms with Crippen LogP contribution < -0.4 is 0 Å². The largest absolute Gasteiger partial charge is 0.264 e. The number of rotatable bonds is 4. The molecule has 0 aliphatic rings. The first-order valence-electron chi connectivity index (χ1n) is 15.5. The van der Waals surface area contributed by atoms with Crippen LogP contribution in [0.5, 0.6) is 0 Å². The lowest BCUT2D eigenvalue weighted by Gasteiger charge is -2.17. The first-order valence-corrected chi connectivity index (χ1v) is 15.5. The molecule has 0 saturated carbocycles. The van der Waals surface area contributed by atoms with Gasteiger partial charge in [-0.1, -0.05) is 127 Å². The molecule has 0 amide bonds. The van der Waals surface area contributed by atoms with Crippen molar-refractivity contribution >= 4 is 43.1 Å². The third-order valence-corrected chi connectivity index (χ3v) is 8.94. The van der Waals surface area contributed by atoms with E-state index in [9.17, 15) is 0 Å². The Morgan fingerprint density at radius 1 is 0.348 bits per heavy atom. The zero-order valence-corrected chi connectivity index (χ0v) is 24.9. The molecule has 0 fully saturated rings. The Bertz CT molecular complexity index is 2570. The van der Waals surface area contributed by atoms with Crippen LogP contribution in [-0.2, 0) is 0 Å². The van der Waals surface area contributed by atoms with Crippen LogP contribution in [0.4, 0.5) is 0 Å². The van der Waals surface area contributed by atoms with E-state index < -0.39 is 0 Å². The average molecular weight is 586 g/mol. The molecule has 0 radical (unpaired) electrons. The predicted molar refractivity (Wildman–Crippen MR) is 192 cm³/mol. The SMILES string of the molecule is c1ccc(-c2nc(-c3cccc(-c4cccnc4)c3)cc(-c3cc4c5ccccc5c5ccccc5c4c4ccccc34)n2)cc1. The molecular weight excluding hydrogens is 558 g/mol. The highest BCUT2D eigenvalue weighted by atomic mass is 14.9. The molecular formula is C43H27N3. The molecule has 0 aliphatic carbocycles. The molecule has 0 N–H and O–H groups in total. The number of hydrogen-bond donors (Lipinski definition) is 0. The fraction of sp³-hybridized carbons (Fsp3) is 0. The minimum Gasteiger partial charge on any atom is -0.264 e. The first-order chi connectivity index (χ1) is 22.8. The quantitative estimate of drug-likeness (QED) is 0.193. The molecule has 0 aliphatic heterocycles. The van der Waals surface area contributed by atoms with Gasteiger partial charge in [-0.15, -0.1) is 0 Å². The molecule has 0 bridgehead atoms. The maximum atomic E-state index is 5.26. The molecule has 9 aromatic rings. The monoisotopic (exact) mass is 585 g/mol. The lowest BCUT2D eigenvalue weighted by Crippen LogP contribution is -1.97. The highest BCUT2D eigenvalue weighted by Gasteiger charge is 2.18. The van der Waals surface area contributed by atoms with Gasteiger partial charge in [0.2, 0.25) is 0 Å². The van der Waals surface area contributed by atoms with Crippen molar-refractivity contribution in [2.24, 2.45) is 0 Å². The van der Waals surface area contributed by atoms with Crippen molar-refractivity contribution in [3.05, 3.63) is 164 Å². The molecule has 0 unspecified atom stereocenters. The first kappa shape index (κ1) is 26.2. The minimum atomic E-state index is 0.701. The van der Waals surface area contributed by atoms with Crippen LogP contribution in [0.25, 0.3) is 88.1 Å². The Hall–Kier alpha value is -6.19. The minimum absolute atomic E-state index is 0.701. The van der Waals surface area contributed by atoms with Crippen LogP contribution in [0, 0.1) is 0 Å². The number of pyridine rings is 1. The maximum Gasteiger partial charge on any atom is 0.160 e. The van der Waals surface area contributed by atoms with E-state index >= 15 is 0 Å². The summed E-state index contributed by atoms with van der Waals surface area (Å²) in [6, 6.07) is 53.6. The van der Waals surface area contributed by atoms with Crippen LogP contribution in [0.1, 0.15) is 0 Å². The van der Waals surface area contributed by atoms with E-state index in [0.29, 0.717) is 5.82 Å². The number of fused-ring (bicyclic) bond motifs is 8. The van der Waals surface area contributed by atoms with E-state index in [1.165, 1.54) is 43.1 Å². The molecule has 46 heavy (non-hydrogen) atoms. The number of benzene rings is 7. The van der Waals surface area contributed by atoms with Crippen LogP contribution in [-0.4, -0.2) is 15.0 Å². The summed E-state index contributed by atoms with van der Waals surface area (Å²) in [4.78, 5) is 14.7. The summed E-state index contributed by atoms with van der Waals surface area (Å²) in [6.07, 6.45) is 3.70. The van der Waals surface area contributed by atoms with Gasteiger partial charge in [0.05, 0.1) is 11.4 Å². The van der Waals surface area contributed by atoms with Gasteiger partial charge in [0, 0.05) is 34.6 Å². The molecule has 0 saturated heterocycles. The molecule has 3 nitrogen and oxygen atoms in total. The van der Waals surface area contributed by atoms with Crippen molar-refractivity contribution in [2.45, 2.75) is 0 Å². The van der Waals surface area contributed by atoms with E-state index in [-0.39, 0.29) is 0 Å². The molecule has 214 valence electrons. The van der Waals surface area contributed by atoms with Crippen LogP contribution in [0.3, 0.4) is 0 Å². The highest BCUT2D eigenvalue weighted by molar-refractivity contribution is 6.32. The van der Waals surface area contributed by atoms with Crippen molar-refractivity contribution < 1.29 is 0 Å². The van der Waals surface area contributed by atoms with Gasteiger partial charge in [-0.3, -0.25) is 4.98 Å². The van der Waals surface area contributed by atoms with Gasteiger partial charge in [-0.25, -0.2) is 9.97 Å². The van der Waals surface area contributed by atoms with Gasteiger partial charge in [0.15, 0.2) is 5.82 Å². The fourth-order valence-corrected chi connectivity index (χ4v) is 6.82. The summed E-state index contributed by atoms with van der Waals surface area (Å²) in [5.74, 6) is 0.701. The summed E-state index contributed by atoms with van der Waals surface area (Å²) in [6.45, 7) is 0. The van der Waals surface area contributed by atoms with Crippen LogP contribution >= 0.6 is 0 Å². The summed E-state index contributed by atoms with van der Waals surface area (Å²) in [7, 11) is 0. The molecule has 0 atom stereocenters. The topological polar surface area (TPSA) is 38.7 Å². The lowest BCUT2D eigenvalue weighted by atomic mass is 9.88. The summed E-state index contributed by atoms with van der Waals surface area (Å²) in [5, 5.41) is 9.92. The Labute approximate surface area is 266 Å². The van der Waals surface area contributed by atoms with Crippen molar-refractivity contribution in [2.75, 3.05) is 0 Å². The fourth-order valence-electron chi connectivity index (χ4n) is 6.82. The van der Waals surface area contributed by atoms with Crippen molar-refractivity contribution in [1.29, 1.82) is 0 Å². The second-order valence-corrected chi connectivity index (χ2v) is 11.6. The third kappa shape index (κ3) is 4.33. The summed E-state index contributed by atoms with van der Waals surface area (Å²) >= 11 is 0. The number of nitrogens with zero attached hydrogens (tertiary/aromatic N) is 3. The number of hydrogen-bond acceptors (Lipinski definition) is 3. The molecule has 0 spiro atoms. The van der Waals surface area contributed by atoms with E-state index in [4.69, 9.17) is 9.97 Å². The van der Waals surface area contributed by atoms with Gasteiger partial charge in [0.25, 0.3) is 0 Å². The normalized spacial score (nSPS) is 11.5. The van der Waals surface area contributed by atoms with Gasteiger partial charge < -0.3 is 0 Å². The zero-order valence-electron chi connectivity index (χ0n) is 24.9. The standard InChI is InChI=1S/C43H27N3/c1-2-12-28(13-3-1)43-45-40(30-15-10-14-29(24-30)31-16-11-23-44-27-31)26-41(46-43)38-25-39-34-19-5-4-17-32(34)33-18-6-8-21-36(33)42(39)37-22-9-7-20-35(37)38/h1-27H. The number of aromatic nitrogens is 3. The van der Waals surface area contributed by atoms with Crippen LogP contribution in [0.15, 0.2) is 164 Å². The van der Waals surface area contributed by atoms with E-state index in [1.807, 2.05) is 30.5 Å². The second-order valence-electron chi connectivity index (χ2n) is 11.6. The van der Waals surface area contributed by atoms with E-state index in [0.717, 1.165) is 39.2 Å². The Morgan fingerprint density at radius 3 is 1.65 bits per heavy atom. The third-order valence-electron chi connectivity index (χ3n) is 8.94. The Morgan fingerprint density at radius 2 is 0.913 bits per heavy atom. The van der Waals surface area contributed by atoms with Crippen molar-refractivity contribution in [3.63, 3.8) is 0 Å². The maximum absolute atomic E-state index is 5.26. The van der Waals surface area contributed by atoms with Gasteiger partial charge in [-0.2, -0.15) is 0 Å². The van der Waals surface area contributed by atoms with E-state index in [2.05, 4.69) is 132 Å². The summed E-state index contributed by atoms with van der Waals surface area (Å²) in [5.41, 5.74) is 7.04. The van der Waals surface area contributed by atoms with Gasteiger partial charge in [0.1, 0.15) is 0 Å². The predicted octanol–water partition coefficient (Wildman–Crippen LogP) is 11.2.